The van der Waals surface area contributed by atoms with Gasteiger partial charge in [-0.2, -0.15) is 0 Å². The van der Waals surface area contributed by atoms with E-state index in [1.165, 1.54) is 5.56 Å². The minimum Gasteiger partial charge on any atom is -0.496 e. The Morgan fingerprint density at radius 2 is 2.06 bits per heavy atom. The van der Waals surface area contributed by atoms with Crippen molar-refractivity contribution in [3.05, 3.63) is 28.2 Å². The molecule has 1 heterocycles. The van der Waals surface area contributed by atoms with Gasteiger partial charge in [0.15, 0.2) is 0 Å². The van der Waals surface area contributed by atoms with E-state index < -0.39 is 0 Å². The average Bonchev–Trinajstić information content (AvgIpc) is 2.32. The maximum absolute atomic E-state index is 5.47. The topological polar surface area (TPSA) is 15.7 Å². The van der Waals surface area contributed by atoms with Gasteiger partial charge in [0, 0.05) is 29.7 Å². The number of methoxy groups -OCH3 is 1. The molecule has 4 heteroatoms. The summed E-state index contributed by atoms with van der Waals surface area (Å²) >= 11 is 3.54. The van der Waals surface area contributed by atoms with Crippen molar-refractivity contribution in [1.82, 2.24) is 9.80 Å². The van der Waals surface area contributed by atoms with Gasteiger partial charge in [0.2, 0.25) is 0 Å². The predicted molar refractivity (Wildman–Crippen MR) is 73.6 cm³/mol. The second-order valence-electron chi connectivity index (χ2n) is 4.64. The summed E-state index contributed by atoms with van der Waals surface area (Å²) < 4.78 is 6.58. The zero-order valence-corrected chi connectivity index (χ0v) is 12.2. The molecule has 1 aromatic carbocycles. The normalized spacial score (nSPS) is 22.7. The fourth-order valence-corrected chi connectivity index (χ4v) is 2.69. The van der Waals surface area contributed by atoms with Crippen molar-refractivity contribution in [2.75, 3.05) is 40.8 Å². The third-order valence-electron chi connectivity index (χ3n) is 3.40. The molecule has 0 aliphatic carbocycles. The average molecular weight is 299 g/mol. The third kappa shape index (κ3) is 2.81. The van der Waals surface area contributed by atoms with Crippen LogP contribution < -0.4 is 4.74 Å². The molecule has 0 amide bonds. The Bertz CT molecular complexity index is 397. The molecule has 0 radical (unpaired) electrons. The van der Waals surface area contributed by atoms with Crippen LogP contribution in [0.15, 0.2) is 22.7 Å². The molecule has 1 aliphatic rings. The molecule has 1 saturated heterocycles. The molecule has 0 spiro atoms. The fraction of sp³-hybridized carbons (Fsp3) is 0.538. The van der Waals surface area contributed by atoms with Gasteiger partial charge in [-0.05, 0) is 32.3 Å². The van der Waals surface area contributed by atoms with E-state index >= 15 is 0 Å². The second-order valence-corrected chi connectivity index (χ2v) is 5.56. The number of likely N-dealkylation sites (N-methyl/N-ethyl adjacent to an activating group) is 2. The first-order chi connectivity index (χ1) is 8.11. The van der Waals surface area contributed by atoms with Crippen LogP contribution in [0.5, 0.6) is 5.75 Å². The summed E-state index contributed by atoms with van der Waals surface area (Å²) in [5.74, 6) is 0.973. The largest absolute Gasteiger partial charge is 0.496 e. The zero-order chi connectivity index (χ0) is 12.4. The van der Waals surface area contributed by atoms with Crippen LogP contribution in [0.4, 0.5) is 0 Å². The lowest BCUT2D eigenvalue weighted by Gasteiger charge is -2.38. The molecule has 17 heavy (non-hydrogen) atoms. The molecule has 1 aromatic rings. The second kappa shape index (κ2) is 5.38. The summed E-state index contributed by atoms with van der Waals surface area (Å²) in [5.41, 5.74) is 1.26. The van der Waals surface area contributed by atoms with Crippen LogP contribution in [0, 0.1) is 0 Å². The minimum atomic E-state index is 0.404. The molecular weight excluding hydrogens is 280 g/mol. The molecule has 0 aromatic heterocycles. The summed E-state index contributed by atoms with van der Waals surface area (Å²) in [5, 5.41) is 0. The van der Waals surface area contributed by atoms with Gasteiger partial charge >= 0.3 is 0 Å². The van der Waals surface area contributed by atoms with Crippen LogP contribution in [0.1, 0.15) is 11.6 Å². The molecule has 2 rings (SSSR count). The molecule has 0 N–H and O–H groups in total. The molecule has 0 saturated carbocycles. The molecule has 3 nitrogen and oxygen atoms in total. The Hall–Kier alpha value is -0.580. The third-order valence-corrected chi connectivity index (χ3v) is 3.90. The first kappa shape index (κ1) is 12.9. The Labute approximate surface area is 111 Å². The van der Waals surface area contributed by atoms with Crippen LogP contribution in [0.3, 0.4) is 0 Å². The lowest BCUT2D eigenvalue weighted by molar-refractivity contribution is 0.113. The van der Waals surface area contributed by atoms with Gasteiger partial charge in [-0.1, -0.05) is 15.9 Å². The van der Waals surface area contributed by atoms with Crippen molar-refractivity contribution in [2.45, 2.75) is 6.04 Å². The van der Waals surface area contributed by atoms with Crippen molar-refractivity contribution in [3.8, 4) is 5.75 Å². The lowest BCUT2D eigenvalue weighted by atomic mass is 10.0. The molecule has 1 atom stereocenters. The van der Waals surface area contributed by atoms with Crippen LogP contribution in [0.2, 0.25) is 0 Å². The summed E-state index contributed by atoms with van der Waals surface area (Å²) in [6.07, 6.45) is 0. The molecule has 0 bridgehead atoms. The van der Waals surface area contributed by atoms with Gasteiger partial charge in [0.1, 0.15) is 5.75 Å². The summed E-state index contributed by atoms with van der Waals surface area (Å²) in [6.45, 7) is 3.27. The lowest BCUT2D eigenvalue weighted by Crippen LogP contribution is -2.44. The van der Waals surface area contributed by atoms with Crippen LogP contribution in [0.25, 0.3) is 0 Å². The van der Waals surface area contributed by atoms with E-state index in [0.717, 1.165) is 29.9 Å². The highest BCUT2D eigenvalue weighted by atomic mass is 79.9. The minimum absolute atomic E-state index is 0.404. The molecule has 1 unspecified atom stereocenters. The van der Waals surface area contributed by atoms with Crippen molar-refractivity contribution < 1.29 is 4.74 Å². The van der Waals surface area contributed by atoms with E-state index in [4.69, 9.17) is 4.74 Å². The Balaban J connectivity index is 2.33. The summed E-state index contributed by atoms with van der Waals surface area (Å²) in [7, 11) is 6.09. The van der Waals surface area contributed by atoms with Gasteiger partial charge in [-0.3, -0.25) is 4.90 Å². The van der Waals surface area contributed by atoms with Gasteiger partial charge in [0.05, 0.1) is 13.2 Å². The van der Waals surface area contributed by atoms with E-state index in [0.29, 0.717) is 6.04 Å². The standard InChI is InChI=1S/C13H19BrN2O/c1-15-6-7-16(2)12(9-15)11-8-10(14)4-5-13(11)17-3/h4-5,8,12H,6-7,9H2,1-3H3. The van der Waals surface area contributed by atoms with Crippen molar-refractivity contribution in [2.24, 2.45) is 0 Å². The number of nitrogens with zero attached hydrogens (tertiary/aromatic N) is 2. The number of ether oxygens (including phenoxy) is 1. The quantitative estimate of drug-likeness (QED) is 0.834. The highest BCUT2D eigenvalue weighted by molar-refractivity contribution is 9.10. The summed E-state index contributed by atoms with van der Waals surface area (Å²) in [6, 6.07) is 6.62. The van der Waals surface area contributed by atoms with Crippen molar-refractivity contribution in [1.29, 1.82) is 0 Å². The molecule has 1 fully saturated rings. The number of hydrogen-bond donors (Lipinski definition) is 0. The highest BCUT2D eigenvalue weighted by Crippen LogP contribution is 2.33. The van der Waals surface area contributed by atoms with E-state index in [9.17, 15) is 0 Å². The smallest absolute Gasteiger partial charge is 0.123 e. The molecule has 94 valence electrons. The fourth-order valence-electron chi connectivity index (χ4n) is 2.31. The first-order valence-electron chi connectivity index (χ1n) is 5.84. The number of piperazine rings is 1. The number of rotatable bonds is 2. The van der Waals surface area contributed by atoms with Crippen LogP contribution >= 0.6 is 15.9 Å². The Kier molecular flexibility index (Phi) is 4.07. The van der Waals surface area contributed by atoms with E-state index in [1.807, 2.05) is 12.1 Å². The first-order valence-corrected chi connectivity index (χ1v) is 6.63. The van der Waals surface area contributed by atoms with Gasteiger partial charge in [-0.25, -0.2) is 0 Å². The van der Waals surface area contributed by atoms with Crippen molar-refractivity contribution in [3.63, 3.8) is 0 Å². The Morgan fingerprint density at radius 1 is 1.29 bits per heavy atom. The number of benzene rings is 1. The molecule has 1 aliphatic heterocycles. The Morgan fingerprint density at radius 3 is 2.76 bits per heavy atom. The number of hydrogen-bond acceptors (Lipinski definition) is 3. The van der Waals surface area contributed by atoms with Crippen LogP contribution in [-0.2, 0) is 0 Å². The maximum atomic E-state index is 5.47. The van der Waals surface area contributed by atoms with Crippen molar-refractivity contribution >= 4 is 15.9 Å². The zero-order valence-electron chi connectivity index (χ0n) is 10.6. The maximum Gasteiger partial charge on any atom is 0.123 e. The monoisotopic (exact) mass is 298 g/mol. The number of halogens is 1. The van der Waals surface area contributed by atoms with Crippen LogP contribution in [-0.4, -0.2) is 50.6 Å². The summed E-state index contributed by atoms with van der Waals surface area (Å²) in [4.78, 5) is 4.76. The van der Waals surface area contributed by atoms with E-state index in [2.05, 4.69) is 45.9 Å². The van der Waals surface area contributed by atoms with E-state index in [1.54, 1.807) is 7.11 Å². The van der Waals surface area contributed by atoms with Gasteiger partial charge in [-0.15, -0.1) is 0 Å². The predicted octanol–water partition coefficient (Wildman–Crippen LogP) is 2.38. The highest BCUT2D eigenvalue weighted by Gasteiger charge is 2.26. The molecular formula is C13H19BrN2O. The SMILES string of the molecule is COc1ccc(Br)cc1C1CN(C)CCN1C. The van der Waals surface area contributed by atoms with E-state index in [-0.39, 0.29) is 0 Å². The van der Waals surface area contributed by atoms with Gasteiger partial charge in [0.25, 0.3) is 0 Å². The van der Waals surface area contributed by atoms with Gasteiger partial charge < -0.3 is 9.64 Å².